The number of unbranched alkanes of at least 4 members (excludes halogenated alkanes) is 8. The smallest absolute Gasteiger partial charge is 0.408 e. The first kappa shape index (κ1) is 43.4. The summed E-state index contributed by atoms with van der Waals surface area (Å²) in [6, 6.07) is 0. The van der Waals surface area contributed by atoms with Gasteiger partial charge in [-0.25, -0.2) is 9.59 Å². The van der Waals surface area contributed by atoms with Gasteiger partial charge in [-0.15, -0.1) is 0 Å². The van der Waals surface area contributed by atoms with E-state index in [2.05, 4.69) is 41.9 Å². The molecule has 0 aliphatic heterocycles. The predicted octanol–water partition coefficient (Wildman–Crippen LogP) is 6.85. The minimum Gasteiger partial charge on any atom is -0.460 e. The van der Waals surface area contributed by atoms with E-state index in [9.17, 15) is 24.0 Å². The standard InChI is InChI=1S/C35H60N2O10/c1-8-9-10-11-12-13-14-15-16-17-18-19-20-21-22-23-29(38)45-28(26-43-30(39)24-36-32(41)46-34(2,3)4)27-44-31(40)25-37-33(42)47-35(5,6)7/h12-13,15-16,28H,8-11,14,17-27H2,1-7H3,(H,36,41)(H,37,42)/b13-12-,16-15-. The van der Waals surface area contributed by atoms with Gasteiger partial charge >= 0.3 is 30.1 Å². The van der Waals surface area contributed by atoms with E-state index < -0.39 is 73.7 Å². The van der Waals surface area contributed by atoms with Crippen LogP contribution in [0, 0.1) is 0 Å². The summed E-state index contributed by atoms with van der Waals surface area (Å²) in [5, 5.41) is 4.56. The molecule has 270 valence electrons. The second-order valence-corrected chi connectivity index (χ2v) is 13.2. The highest BCUT2D eigenvalue weighted by Crippen LogP contribution is 2.11. The van der Waals surface area contributed by atoms with Crippen molar-refractivity contribution in [2.45, 2.75) is 143 Å². The van der Waals surface area contributed by atoms with E-state index in [-0.39, 0.29) is 6.42 Å². The summed E-state index contributed by atoms with van der Waals surface area (Å²) in [6.45, 7) is 10.6. The Morgan fingerprint density at radius 2 is 1.04 bits per heavy atom. The molecule has 0 heterocycles. The van der Waals surface area contributed by atoms with E-state index in [0.29, 0.717) is 6.42 Å². The van der Waals surface area contributed by atoms with Crippen molar-refractivity contribution in [3.63, 3.8) is 0 Å². The van der Waals surface area contributed by atoms with Gasteiger partial charge in [0.15, 0.2) is 6.10 Å². The van der Waals surface area contributed by atoms with Gasteiger partial charge in [-0.3, -0.25) is 14.4 Å². The fourth-order valence-corrected chi connectivity index (χ4v) is 3.83. The number of carbonyl (C=O) groups excluding carboxylic acids is 5. The Kier molecular flexibility index (Phi) is 23.6. The lowest BCUT2D eigenvalue weighted by Gasteiger charge is -2.20. The molecule has 0 bridgehead atoms. The Morgan fingerprint density at radius 1 is 0.596 bits per heavy atom. The van der Waals surface area contributed by atoms with E-state index in [4.69, 9.17) is 23.7 Å². The van der Waals surface area contributed by atoms with Gasteiger partial charge < -0.3 is 34.3 Å². The molecule has 0 spiro atoms. The van der Waals surface area contributed by atoms with Crippen LogP contribution in [0.2, 0.25) is 0 Å². The van der Waals surface area contributed by atoms with Crippen molar-refractivity contribution in [2.75, 3.05) is 26.3 Å². The van der Waals surface area contributed by atoms with Crippen LogP contribution in [0.1, 0.15) is 126 Å². The van der Waals surface area contributed by atoms with Crippen LogP contribution in [0.25, 0.3) is 0 Å². The van der Waals surface area contributed by atoms with Crippen LogP contribution in [0.15, 0.2) is 24.3 Å². The van der Waals surface area contributed by atoms with Gasteiger partial charge in [0, 0.05) is 6.42 Å². The molecule has 12 heteroatoms. The Hall–Kier alpha value is -3.57. The molecule has 0 aliphatic carbocycles. The van der Waals surface area contributed by atoms with E-state index in [0.717, 1.165) is 44.9 Å². The van der Waals surface area contributed by atoms with Crippen LogP contribution in [0.4, 0.5) is 9.59 Å². The maximum atomic E-state index is 12.5. The van der Waals surface area contributed by atoms with Crippen molar-refractivity contribution in [1.82, 2.24) is 10.6 Å². The van der Waals surface area contributed by atoms with Crippen LogP contribution in [0.5, 0.6) is 0 Å². The minimum absolute atomic E-state index is 0.156. The first-order valence-corrected chi connectivity index (χ1v) is 16.9. The Bertz CT molecular complexity index is 932. The monoisotopic (exact) mass is 668 g/mol. The largest absolute Gasteiger partial charge is 0.460 e. The SMILES string of the molecule is CCCCC/C=C\C/C=C\CCCCCCCC(=O)OC(COC(=O)CNC(=O)OC(C)(C)C)COC(=O)CNC(=O)OC(C)(C)C. The molecule has 0 rings (SSSR count). The molecular formula is C35H60N2O10. The second-order valence-electron chi connectivity index (χ2n) is 13.2. The molecule has 0 fully saturated rings. The summed E-state index contributed by atoms with van der Waals surface area (Å²) in [4.78, 5) is 60.4. The van der Waals surface area contributed by atoms with Crippen LogP contribution >= 0.6 is 0 Å². The maximum Gasteiger partial charge on any atom is 0.408 e. The van der Waals surface area contributed by atoms with E-state index in [1.54, 1.807) is 41.5 Å². The first-order chi connectivity index (χ1) is 22.1. The molecule has 0 saturated carbocycles. The molecule has 2 amide bonds. The van der Waals surface area contributed by atoms with Gasteiger partial charge in [0.25, 0.3) is 0 Å². The molecule has 0 atom stereocenters. The van der Waals surface area contributed by atoms with Crippen LogP contribution in [-0.4, -0.2) is 73.7 Å². The maximum absolute atomic E-state index is 12.5. The van der Waals surface area contributed by atoms with Gasteiger partial charge in [-0.1, -0.05) is 63.3 Å². The lowest BCUT2D eigenvalue weighted by Crippen LogP contribution is -2.38. The highest BCUT2D eigenvalue weighted by molar-refractivity contribution is 5.78. The summed E-state index contributed by atoms with van der Waals surface area (Å²) in [6.07, 6.45) is 18.0. The second kappa shape index (κ2) is 25.5. The van der Waals surface area contributed by atoms with Crippen molar-refractivity contribution in [1.29, 1.82) is 0 Å². The molecule has 12 nitrogen and oxygen atoms in total. The van der Waals surface area contributed by atoms with Crippen molar-refractivity contribution in [2.24, 2.45) is 0 Å². The van der Waals surface area contributed by atoms with Gasteiger partial charge in [0.1, 0.15) is 37.5 Å². The number of hydrogen-bond acceptors (Lipinski definition) is 10. The molecule has 0 aromatic rings. The quantitative estimate of drug-likeness (QED) is 0.0511. The fraction of sp³-hybridized carbons (Fsp3) is 0.743. The number of amides is 2. The first-order valence-electron chi connectivity index (χ1n) is 16.9. The topological polar surface area (TPSA) is 156 Å². The summed E-state index contributed by atoms with van der Waals surface area (Å²) in [5.74, 6) is -2.13. The van der Waals surface area contributed by atoms with Crippen LogP contribution in [-0.2, 0) is 38.1 Å². The molecule has 2 N–H and O–H groups in total. The number of allylic oxidation sites excluding steroid dienone is 4. The number of alkyl carbamates (subject to hydrolysis) is 2. The van der Waals surface area contributed by atoms with Crippen molar-refractivity contribution >= 4 is 30.1 Å². The van der Waals surface area contributed by atoms with E-state index in [1.807, 2.05) is 0 Å². The number of rotatable bonds is 23. The lowest BCUT2D eigenvalue weighted by molar-refractivity contribution is -0.166. The summed E-state index contributed by atoms with van der Waals surface area (Å²) in [5.41, 5.74) is -1.48. The zero-order valence-corrected chi connectivity index (χ0v) is 29.8. The zero-order valence-electron chi connectivity index (χ0n) is 29.8. The lowest BCUT2D eigenvalue weighted by atomic mass is 10.1. The minimum atomic E-state index is -1.09. The molecule has 0 aliphatic rings. The highest BCUT2D eigenvalue weighted by Gasteiger charge is 2.22. The summed E-state index contributed by atoms with van der Waals surface area (Å²) in [7, 11) is 0. The highest BCUT2D eigenvalue weighted by atomic mass is 16.6. The Labute approximate surface area is 281 Å². The molecule has 47 heavy (non-hydrogen) atoms. The average molecular weight is 669 g/mol. The van der Waals surface area contributed by atoms with Crippen molar-refractivity contribution in [3.05, 3.63) is 24.3 Å². The Balaban J connectivity index is 4.56. The van der Waals surface area contributed by atoms with Crippen LogP contribution in [0.3, 0.4) is 0 Å². The van der Waals surface area contributed by atoms with Gasteiger partial charge in [-0.05, 0) is 80.1 Å². The van der Waals surface area contributed by atoms with Crippen LogP contribution < -0.4 is 10.6 Å². The molecule has 0 radical (unpaired) electrons. The van der Waals surface area contributed by atoms with E-state index in [1.165, 1.54) is 19.3 Å². The van der Waals surface area contributed by atoms with Crippen molar-refractivity contribution < 1.29 is 47.7 Å². The number of nitrogens with one attached hydrogen (secondary N) is 2. The Morgan fingerprint density at radius 3 is 1.51 bits per heavy atom. The third-order valence-electron chi connectivity index (χ3n) is 6.04. The van der Waals surface area contributed by atoms with E-state index >= 15 is 0 Å². The molecule has 0 unspecified atom stereocenters. The number of hydrogen-bond donors (Lipinski definition) is 2. The fourth-order valence-electron chi connectivity index (χ4n) is 3.83. The summed E-state index contributed by atoms with van der Waals surface area (Å²) < 4.78 is 25.8. The van der Waals surface area contributed by atoms with Gasteiger partial charge in [0.2, 0.25) is 0 Å². The third kappa shape index (κ3) is 30.8. The van der Waals surface area contributed by atoms with Gasteiger partial charge in [0.05, 0.1) is 0 Å². The number of ether oxygens (including phenoxy) is 5. The number of esters is 3. The summed E-state index contributed by atoms with van der Waals surface area (Å²) >= 11 is 0. The van der Waals surface area contributed by atoms with Gasteiger partial charge in [-0.2, -0.15) is 0 Å². The molecule has 0 aromatic carbocycles. The molecule has 0 saturated heterocycles. The molecule has 0 aromatic heterocycles. The zero-order chi connectivity index (χ0) is 35.6. The number of carbonyl (C=O) groups is 5. The molecular weight excluding hydrogens is 608 g/mol. The predicted molar refractivity (Wildman–Crippen MR) is 180 cm³/mol. The third-order valence-corrected chi connectivity index (χ3v) is 6.04. The average Bonchev–Trinajstić information content (AvgIpc) is 2.96. The van der Waals surface area contributed by atoms with Crippen molar-refractivity contribution in [3.8, 4) is 0 Å². The normalized spacial score (nSPS) is 11.8.